The highest BCUT2D eigenvalue weighted by molar-refractivity contribution is 14.1. The maximum absolute atomic E-state index is 10.3. The summed E-state index contributed by atoms with van der Waals surface area (Å²) in [6, 6.07) is 3.84. The first-order valence-corrected chi connectivity index (χ1v) is 5.74. The molecule has 0 fully saturated rings. The SMILES string of the molecule is Cc1c(Br)cc(/C=C/C(=O)O)cc1I. The van der Waals surface area contributed by atoms with Crippen LogP contribution < -0.4 is 0 Å². The van der Waals surface area contributed by atoms with E-state index in [1.54, 1.807) is 6.08 Å². The van der Waals surface area contributed by atoms with Gasteiger partial charge in [-0.15, -0.1) is 0 Å². The van der Waals surface area contributed by atoms with Crippen molar-refractivity contribution in [1.82, 2.24) is 0 Å². The number of halogens is 2. The van der Waals surface area contributed by atoms with Crippen molar-refractivity contribution < 1.29 is 9.90 Å². The number of benzene rings is 1. The Bertz CT molecular complexity index is 376. The highest BCUT2D eigenvalue weighted by Crippen LogP contribution is 2.24. The molecule has 0 radical (unpaired) electrons. The number of carbonyl (C=O) groups is 1. The molecule has 74 valence electrons. The van der Waals surface area contributed by atoms with E-state index in [2.05, 4.69) is 38.5 Å². The van der Waals surface area contributed by atoms with Gasteiger partial charge in [0.1, 0.15) is 0 Å². The number of carboxylic acids is 1. The molecule has 4 heteroatoms. The molecule has 0 bridgehead atoms. The second-order valence-electron chi connectivity index (χ2n) is 2.78. The van der Waals surface area contributed by atoms with Crippen LogP contribution in [0, 0.1) is 10.5 Å². The molecule has 0 atom stereocenters. The Morgan fingerprint density at radius 3 is 2.71 bits per heavy atom. The molecule has 0 amide bonds. The van der Waals surface area contributed by atoms with Crippen molar-refractivity contribution in [3.63, 3.8) is 0 Å². The van der Waals surface area contributed by atoms with E-state index < -0.39 is 5.97 Å². The summed E-state index contributed by atoms with van der Waals surface area (Å²) in [4.78, 5) is 10.3. The van der Waals surface area contributed by atoms with Gasteiger partial charge in [-0.25, -0.2) is 4.79 Å². The predicted molar refractivity (Wildman–Crippen MR) is 68.3 cm³/mol. The van der Waals surface area contributed by atoms with E-state index in [-0.39, 0.29) is 0 Å². The molecule has 1 rings (SSSR count). The predicted octanol–water partition coefficient (Wildman–Crippen LogP) is 3.46. The zero-order chi connectivity index (χ0) is 10.7. The van der Waals surface area contributed by atoms with Gasteiger partial charge in [0, 0.05) is 14.1 Å². The van der Waals surface area contributed by atoms with Crippen molar-refractivity contribution in [2.75, 3.05) is 0 Å². The molecule has 0 aromatic heterocycles. The van der Waals surface area contributed by atoms with Crippen LogP contribution in [0.4, 0.5) is 0 Å². The molecule has 0 heterocycles. The fourth-order valence-electron chi connectivity index (χ4n) is 0.929. The zero-order valence-corrected chi connectivity index (χ0v) is 11.2. The lowest BCUT2D eigenvalue weighted by Crippen LogP contribution is -1.88. The van der Waals surface area contributed by atoms with Crippen molar-refractivity contribution in [2.24, 2.45) is 0 Å². The third kappa shape index (κ3) is 3.09. The van der Waals surface area contributed by atoms with Gasteiger partial charge in [0.25, 0.3) is 0 Å². The summed E-state index contributed by atoms with van der Waals surface area (Å²) in [5.74, 6) is -0.934. The van der Waals surface area contributed by atoms with Gasteiger partial charge >= 0.3 is 5.97 Å². The Kier molecular flexibility index (Phi) is 4.12. The molecule has 0 aliphatic heterocycles. The monoisotopic (exact) mass is 366 g/mol. The molecule has 1 aromatic rings. The Hall–Kier alpha value is -0.360. The number of aliphatic carboxylic acids is 1. The lowest BCUT2D eigenvalue weighted by Gasteiger charge is -2.03. The van der Waals surface area contributed by atoms with Crippen LogP contribution in [0.25, 0.3) is 6.08 Å². The van der Waals surface area contributed by atoms with Gasteiger partial charge in [0.15, 0.2) is 0 Å². The van der Waals surface area contributed by atoms with Crippen molar-refractivity contribution in [2.45, 2.75) is 6.92 Å². The standard InChI is InChI=1S/C10H8BrIO2/c1-6-8(11)4-7(5-9(6)12)2-3-10(13)14/h2-5H,1H3,(H,13,14)/b3-2+. The summed E-state index contributed by atoms with van der Waals surface area (Å²) in [6.45, 7) is 2.01. The van der Waals surface area contributed by atoms with Crippen molar-refractivity contribution in [3.05, 3.63) is 37.4 Å². The van der Waals surface area contributed by atoms with Crippen molar-refractivity contribution in [3.8, 4) is 0 Å². The molecule has 1 aromatic carbocycles. The Labute approximate surface area is 104 Å². The molecule has 2 nitrogen and oxygen atoms in total. The lowest BCUT2D eigenvalue weighted by molar-refractivity contribution is -0.131. The van der Waals surface area contributed by atoms with Gasteiger partial charge in [-0.3, -0.25) is 0 Å². The average Bonchev–Trinajstić information content (AvgIpc) is 2.10. The molecule has 0 saturated heterocycles. The number of rotatable bonds is 2. The van der Waals surface area contributed by atoms with Gasteiger partial charge in [-0.2, -0.15) is 0 Å². The molecule has 0 saturated carbocycles. The van der Waals surface area contributed by atoms with Crippen LogP contribution in [0.5, 0.6) is 0 Å². The van der Waals surface area contributed by atoms with E-state index in [9.17, 15) is 4.79 Å². The summed E-state index contributed by atoms with van der Waals surface area (Å²) < 4.78 is 2.11. The average molecular weight is 367 g/mol. The van der Waals surface area contributed by atoms with Crippen LogP contribution in [-0.4, -0.2) is 11.1 Å². The smallest absolute Gasteiger partial charge is 0.328 e. The topological polar surface area (TPSA) is 37.3 Å². The molecular formula is C10H8BrIO2. The molecule has 14 heavy (non-hydrogen) atoms. The molecule has 0 aliphatic rings. The quantitative estimate of drug-likeness (QED) is 0.642. The van der Waals surface area contributed by atoms with Crippen LogP contribution in [0.15, 0.2) is 22.7 Å². The molecule has 1 N–H and O–H groups in total. The number of hydrogen-bond donors (Lipinski definition) is 1. The first kappa shape index (κ1) is 11.7. The summed E-state index contributed by atoms with van der Waals surface area (Å²) in [5.41, 5.74) is 2.05. The molecule has 0 aliphatic carbocycles. The Balaban J connectivity index is 3.07. The lowest BCUT2D eigenvalue weighted by atomic mass is 10.1. The largest absolute Gasteiger partial charge is 0.478 e. The van der Waals surface area contributed by atoms with E-state index >= 15 is 0 Å². The van der Waals surface area contributed by atoms with Gasteiger partial charge in [0.2, 0.25) is 0 Å². The first-order chi connectivity index (χ1) is 6.50. The van der Waals surface area contributed by atoms with Crippen LogP contribution in [0.3, 0.4) is 0 Å². The molecular weight excluding hydrogens is 359 g/mol. The van der Waals surface area contributed by atoms with Crippen LogP contribution in [0.2, 0.25) is 0 Å². The molecule has 0 unspecified atom stereocenters. The number of hydrogen-bond acceptors (Lipinski definition) is 1. The van der Waals surface area contributed by atoms with E-state index in [0.717, 1.165) is 25.2 Å². The Morgan fingerprint density at radius 2 is 2.21 bits per heavy atom. The third-order valence-electron chi connectivity index (χ3n) is 1.72. The maximum Gasteiger partial charge on any atom is 0.328 e. The van der Waals surface area contributed by atoms with Crippen molar-refractivity contribution in [1.29, 1.82) is 0 Å². The van der Waals surface area contributed by atoms with E-state index in [1.807, 2.05) is 19.1 Å². The van der Waals surface area contributed by atoms with Crippen LogP contribution in [-0.2, 0) is 4.79 Å². The molecule has 0 spiro atoms. The minimum absolute atomic E-state index is 0.884. The maximum atomic E-state index is 10.3. The summed E-state index contributed by atoms with van der Waals surface area (Å²) >= 11 is 5.64. The third-order valence-corrected chi connectivity index (χ3v) is 3.67. The van der Waals surface area contributed by atoms with E-state index in [1.165, 1.54) is 0 Å². The fraction of sp³-hybridized carbons (Fsp3) is 0.100. The summed E-state index contributed by atoms with van der Waals surface area (Å²) in [5, 5.41) is 8.47. The highest BCUT2D eigenvalue weighted by atomic mass is 127. The second-order valence-corrected chi connectivity index (χ2v) is 4.80. The van der Waals surface area contributed by atoms with Gasteiger partial charge in [0.05, 0.1) is 0 Å². The van der Waals surface area contributed by atoms with Gasteiger partial charge < -0.3 is 5.11 Å². The van der Waals surface area contributed by atoms with Crippen LogP contribution in [0.1, 0.15) is 11.1 Å². The Morgan fingerprint density at radius 1 is 1.57 bits per heavy atom. The van der Waals surface area contributed by atoms with Crippen LogP contribution >= 0.6 is 38.5 Å². The summed E-state index contributed by atoms with van der Waals surface area (Å²) in [7, 11) is 0. The number of carboxylic acid groups (broad SMARTS) is 1. The minimum atomic E-state index is -0.934. The fourth-order valence-corrected chi connectivity index (χ4v) is 2.43. The van der Waals surface area contributed by atoms with Gasteiger partial charge in [-0.05, 0) is 58.9 Å². The first-order valence-electron chi connectivity index (χ1n) is 3.87. The second kappa shape index (κ2) is 4.93. The normalized spacial score (nSPS) is 10.8. The van der Waals surface area contributed by atoms with E-state index in [4.69, 9.17) is 5.11 Å². The van der Waals surface area contributed by atoms with Crippen molar-refractivity contribution >= 4 is 50.6 Å². The zero-order valence-electron chi connectivity index (χ0n) is 7.42. The summed E-state index contributed by atoms with van der Waals surface area (Å²) in [6.07, 6.45) is 2.71. The minimum Gasteiger partial charge on any atom is -0.478 e. The van der Waals surface area contributed by atoms with Gasteiger partial charge in [-0.1, -0.05) is 15.9 Å². The van der Waals surface area contributed by atoms with E-state index in [0.29, 0.717) is 0 Å². The highest BCUT2D eigenvalue weighted by Gasteiger charge is 2.01.